The molecule has 1 aliphatic heterocycles. The zero-order valence-electron chi connectivity index (χ0n) is 16.2. The molecule has 158 valence electrons. The first-order valence-electron chi connectivity index (χ1n) is 9.17. The summed E-state index contributed by atoms with van der Waals surface area (Å²) in [4.78, 5) is 38.7. The van der Waals surface area contributed by atoms with E-state index in [2.05, 4.69) is 15.9 Å². The highest BCUT2D eigenvalue weighted by molar-refractivity contribution is 9.10. The van der Waals surface area contributed by atoms with Crippen molar-refractivity contribution in [2.45, 2.75) is 0 Å². The van der Waals surface area contributed by atoms with Gasteiger partial charge in [0.2, 0.25) is 0 Å². The average molecular weight is 478 g/mol. The molecule has 0 aliphatic carbocycles. The smallest absolute Gasteiger partial charge is 0.339 e. The van der Waals surface area contributed by atoms with Crippen molar-refractivity contribution in [3.8, 4) is 5.75 Å². The number of esters is 1. The third kappa shape index (κ3) is 5.07. The topological polar surface area (TPSA) is 102 Å². The molecule has 10 heteroatoms. The molecule has 1 aliphatic rings. The van der Waals surface area contributed by atoms with E-state index in [9.17, 15) is 19.7 Å². The molecular weight excluding hydrogens is 458 g/mol. The molecule has 0 saturated carbocycles. The van der Waals surface area contributed by atoms with Crippen molar-refractivity contribution >= 4 is 39.2 Å². The van der Waals surface area contributed by atoms with Gasteiger partial charge in [0, 0.05) is 48.5 Å². The lowest BCUT2D eigenvalue weighted by Crippen LogP contribution is -2.49. The van der Waals surface area contributed by atoms with Gasteiger partial charge in [-0.05, 0) is 46.3 Å². The Morgan fingerprint density at radius 1 is 1.10 bits per heavy atom. The minimum absolute atomic E-state index is 0.0389. The van der Waals surface area contributed by atoms with Crippen molar-refractivity contribution in [1.29, 1.82) is 0 Å². The Labute approximate surface area is 181 Å². The van der Waals surface area contributed by atoms with Gasteiger partial charge in [-0.1, -0.05) is 0 Å². The van der Waals surface area contributed by atoms with Crippen molar-refractivity contribution < 1.29 is 24.0 Å². The van der Waals surface area contributed by atoms with Gasteiger partial charge in [0.1, 0.15) is 5.75 Å². The first kappa shape index (κ1) is 21.6. The Morgan fingerprint density at radius 3 is 2.37 bits per heavy atom. The summed E-state index contributed by atoms with van der Waals surface area (Å²) in [6.07, 6.45) is 0. The van der Waals surface area contributed by atoms with Crippen LogP contribution in [0.5, 0.6) is 5.75 Å². The number of amides is 1. The maximum absolute atomic E-state index is 12.4. The summed E-state index contributed by atoms with van der Waals surface area (Å²) in [6, 6.07) is 11.2. The second kappa shape index (κ2) is 9.57. The number of carbonyl (C=O) groups excluding carboxylic acids is 2. The zero-order chi connectivity index (χ0) is 21.7. The number of hydrogen-bond acceptors (Lipinski definition) is 7. The Kier molecular flexibility index (Phi) is 6.88. The van der Waals surface area contributed by atoms with E-state index in [1.807, 2.05) is 4.90 Å². The van der Waals surface area contributed by atoms with E-state index in [1.54, 1.807) is 35.2 Å². The summed E-state index contributed by atoms with van der Waals surface area (Å²) < 4.78 is 10.8. The Hall–Kier alpha value is -3.14. The van der Waals surface area contributed by atoms with Gasteiger partial charge >= 0.3 is 5.97 Å². The molecule has 2 aromatic rings. The van der Waals surface area contributed by atoms with Crippen LogP contribution in [0.3, 0.4) is 0 Å². The zero-order valence-corrected chi connectivity index (χ0v) is 17.8. The SMILES string of the molecule is COc1ccc(Br)c(C(=O)OCC(=O)N2CCN(c3ccc([N+](=O)[O-])cc3)CC2)c1. The maximum atomic E-state index is 12.4. The quantitative estimate of drug-likeness (QED) is 0.358. The summed E-state index contributed by atoms with van der Waals surface area (Å²) in [7, 11) is 1.50. The van der Waals surface area contributed by atoms with Gasteiger partial charge in [-0.2, -0.15) is 0 Å². The van der Waals surface area contributed by atoms with Crippen molar-refractivity contribution in [2.24, 2.45) is 0 Å². The second-order valence-electron chi connectivity index (χ2n) is 6.56. The molecule has 1 amide bonds. The summed E-state index contributed by atoms with van der Waals surface area (Å²) in [5, 5.41) is 10.8. The Balaban J connectivity index is 1.50. The predicted molar refractivity (Wildman–Crippen MR) is 113 cm³/mol. The number of non-ortho nitro benzene ring substituents is 1. The van der Waals surface area contributed by atoms with Crippen LogP contribution in [0.15, 0.2) is 46.9 Å². The van der Waals surface area contributed by atoms with Crippen LogP contribution in [0.1, 0.15) is 10.4 Å². The molecule has 2 aromatic carbocycles. The van der Waals surface area contributed by atoms with Crippen molar-refractivity contribution in [2.75, 3.05) is 44.8 Å². The van der Waals surface area contributed by atoms with Crippen LogP contribution in [0.25, 0.3) is 0 Å². The van der Waals surface area contributed by atoms with Crippen LogP contribution in [0.4, 0.5) is 11.4 Å². The van der Waals surface area contributed by atoms with Crippen LogP contribution in [-0.2, 0) is 9.53 Å². The highest BCUT2D eigenvalue weighted by Crippen LogP contribution is 2.23. The number of carbonyl (C=O) groups is 2. The minimum Gasteiger partial charge on any atom is -0.497 e. The number of nitrogens with zero attached hydrogens (tertiary/aromatic N) is 3. The van der Waals surface area contributed by atoms with E-state index in [0.29, 0.717) is 36.4 Å². The highest BCUT2D eigenvalue weighted by Gasteiger charge is 2.23. The second-order valence-corrected chi connectivity index (χ2v) is 7.42. The lowest BCUT2D eigenvalue weighted by atomic mass is 10.2. The molecule has 1 heterocycles. The van der Waals surface area contributed by atoms with E-state index in [1.165, 1.54) is 19.2 Å². The van der Waals surface area contributed by atoms with Gasteiger partial charge in [0.05, 0.1) is 17.6 Å². The fourth-order valence-corrected chi connectivity index (χ4v) is 3.49. The van der Waals surface area contributed by atoms with E-state index in [-0.39, 0.29) is 23.8 Å². The van der Waals surface area contributed by atoms with Gasteiger partial charge in [-0.15, -0.1) is 0 Å². The number of nitro groups is 1. The molecule has 0 bridgehead atoms. The van der Waals surface area contributed by atoms with E-state index < -0.39 is 10.9 Å². The van der Waals surface area contributed by atoms with E-state index in [0.717, 1.165) is 5.69 Å². The fourth-order valence-electron chi connectivity index (χ4n) is 3.08. The number of rotatable bonds is 6. The van der Waals surface area contributed by atoms with Crippen molar-refractivity contribution in [3.05, 3.63) is 62.6 Å². The standard InChI is InChI=1S/C20H20BrN3O6/c1-29-16-6-7-18(21)17(12-16)20(26)30-13-19(25)23-10-8-22(9-11-23)14-2-4-15(5-3-14)24(27)28/h2-7,12H,8-11,13H2,1H3. The van der Waals surface area contributed by atoms with E-state index in [4.69, 9.17) is 9.47 Å². The minimum atomic E-state index is -0.612. The summed E-state index contributed by atoms with van der Waals surface area (Å²) in [5.74, 6) is -0.372. The molecule has 0 radical (unpaired) electrons. The van der Waals surface area contributed by atoms with Gasteiger partial charge in [-0.3, -0.25) is 14.9 Å². The fraction of sp³-hybridized carbons (Fsp3) is 0.300. The predicted octanol–water partition coefficient (Wildman–Crippen LogP) is 2.87. The van der Waals surface area contributed by atoms with Crippen molar-refractivity contribution in [3.63, 3.8) is 0 Å². The molecule has 30 heavy (non-hydrogen) atoms. The van der Waals surface area contributed by atoms with Crippen LogP contribution >= 0.6 is 15.9 Å². The number of halogens is 1. The van der Waals surface area contributed by atoms with Crippen LogP contribution in [-0.4, -0.2) is 61.6 Å². The highest BCUT2D eigenvalue weighted by atomic mass is 79.9. The number of benzene rings is 2. The first-order chi connectivity index (χ1) is 14.4. The summed E-state index contributed by atoms with van der Waals surface area (Å²) in [6.45, 7) is 1.75. The molecule has 0 atom stereocenters. The number of piperazine rings is 1. The molecule has 0 unspecified atom stereocenters. The molecule has 9 nitrogen and oxygen atoms in total. The van der Waals surface area contributed by atoms with Gasteiger partial charge < -0.3 is 19.3 Å². The average Bonchev–Trinajstić information content (AvgIpc) is 2.77. The molecule has 1 saturated heterocycles. The number of nitro benzene ring substituents is 1. The third-order valence-corrected chi connectivity index (χ3v) is 5.47. The molecule has 0 aromatic heterocycles. The molecule has 0 N–H and O–H groups in total. The van der Waals surface area contributed by atoms with Crippen molar-refractivity contribution in [1.82, 2.24) is 4.90 Å². The third-order valence-electron chi connectivity index (χ3n) is 4.78. The Bertz CT molecular complexity index is 942. The largest absolute Gasteiger partial charge is 0.497 e. The number of hydrogen-bond donors (Lipinski definition) is 0. The molecular formula is C20H20BrN3O6. The number of ether oxygens (including phenoxy) is 2. The van der Waals surface area contributed by atoms with Crippen LogP contribution in [0.2, 0.25) is 0 Å². The lowest BCUT2D eigenvalue weighted by Gasteiger charge is -2.36. The summed E-state index contributed by atoms with van der Waals surface area (Å²) >= 11 is 3.29. The first-order valence-corrected chi connectivity index (χ1v) is 9.96. The van der Waals surface area contributed by atoms with E-state index >= 15 is 0 Å². The normalized spacial score (nSPS) is 13.7. The van der Waals surface area contributed by atoms with Gasteiger partial charge in [-0.25, -0.2) is 4.79 Å². The molecule has 3 rings (SSSR count). The molecule has 1 fully saturated rings. The number of methoxy groups -OCH3 is 1. The summed E-state index contributed by atoms with van der Waals surface area (Å²) in [5.41, 5.74) is 1.18. The van der Waals surface area contributed by atoms with Gasteiger partial charge in [0.15, 0.2) is 6.61 Å². The van der Waals surface area contributed by atoms with Crippen LogP contribution in [0, 0.1) is 10.1 Å². The lowest BCUT2D eigenvalue weighted by molar-refractivity contribution is -0.384. The number of anilines is 1. The Morgan fingerprint density at radius 2 is 1.77 bits per heavy atom. The van der Waals surface area contributed by atoms with Crippen LogP contribution < -0.4 is 9.64 Å². The maximum Gasteiger partial charge on any atom is 0.339 e. The monoisotopic (exact) mass is 477 g/mol. The molecule has 0 spiro atoms. The van der Waals surface area contributed by atoms with Gasteiger partial charge in [0.25, 0.3) is 11.6 Å².